The fourth-order valence-corrected chi connectivity index (χ4v) is 1.43. The Morgan fingerprint density at radius 3 is 2.72 bits per heavy atom. The number of pyridine rings is 1. The van der Waals surface area contributed by atoms with E-state index in [0.717, 1.165) is 12.8 Å². The van der Waals surface area contributed by atoms with E-state index in [0.29, 0.717) is 5.69 Å². The van der Waals surface area contributed by atoms with Crippen LogP contribution in [0.3, 0.4) is 0 Å². The van der Waals surface area contributed by atoms with Crippen LogP contribution in [0.15, 0.2) is 18.3 Å². The molecule has 96 valence electrons. The molecule has 1 aromatic heterocycles. The highest BCUT2D eigenvalue weighted by Crippen LogP contribution is 2.18. The summed E-state index contributed by atoms with van der Waals surface area (Å²) in [6.45, 7) is 1.65. The van der Waals surface area contributed by atoms with Crippen LogP contribution in [0.4, 0.5) is 5.69 Å². The van der Waals surface area contributed by atoms with Crippen molar-refractivity contribution in [2.24, 2.45) is 0 Å². The second-order valence-electron chi connectivity index (χ2n) is 4.45. The maximum atomic E-state index is 11.8. The molecule has 0 saturated heterocycles. The summed E-state index contributed by atoms with van der Waals surface area (Å²) in [5.41, 5.74) is 6.22. The van der Waals surface area contributed by atoms with Crippen LogP contribution in [-0.2, 0) is 4.79 Å². The zero-order chi connectivity index (χ0) is 13.1. The number of rotatable bonds is 4. The smallest absolute Gasteiger partial charge is 0.270 e. The first-order valence-corrected chi connectivity index (χ1v) is 5.89. The number of anilines is 1. The van der Waals surface area contributed by atoms with Crippen molar-refractivity contribution in [2.75, 3.05) is 5.73 Å². The number of hydrogen-bond acceptors (Lipinski definition) is 4. The number of nitrogens with zero attached hydrogens (tertiary/aromatic N) is 1. The quantitative estimate of drug-likeness (QED) is 0.702. The van der Waals surface area contributed by atoms with Crippen molar-refractivity contribution in [1.29, 1.82) is 0 Å². The molecule has 1 unspecified atom stereocenters. The van der Waals surface area contributed by atoms with Gasteiger partial charge in [-0.3, -0.25) is 9.59 Å². The highest BCUT2D eigenvalue weighted by Gasteiger charge is 2.26. The molecule has 6 nitrogen and oxygen atoms in total. The van der Waals surface area contributed by atoms with Gasteiger partial charge in [-0.05, 0) is 31.9 Å². The van der Waals surface area contributed by atoms with E-state index in [9.17, 15) is 9.59 Å². The molecule has 1 atom stereocenters. The second kappa shape index (κ2) is 5.03. The average Bonchev–Trinajstić information content (AvgIpc) is 3.13. The predicted molar refractivity (Wildman–Crippen MR) is 66.7 cm³/mol. The van der Waals surface area contributed by atoms with Crippen LogP contribution < -0.4 is 16.4 Å². The van der Waals surface area contributed by atoms with E-state index in [2.05, 4.69) is 15.6 Å². The molecule has 1 fully saturated rings. The molecule has 4 N–H and O–H groups in total. The van der Waals surface area contributed by atoms with Crippen molar-refractivity contribution in [2.45, 2.75) is 31.8 Å². The monoisotopic (exact) mass is 248 g/mol. The van der Waals surface area contributed by atoms with Crippen molar-refractivity contribution < 1.29 is 9.59 Å². The Morgan fingerprint density at radius 2 is 2.17 bits per heavy atom. The van der Waals surface area contributed by atoms with Gasteiger partial charge in [-0.25, -0.2) is 4.98 Å². The maximum absolute atomic E-state index is 11.8. The third kappa shape index (κ3) is 3.19. The fourth-order valence-electron chi connectivity index (χ4n) is 1.43. The lowest BCUT2D eigenvalue weighted by atomic mass is 10.2. The van der Waals surface area contributed by atoms with E-state index >= 15 is 0 Å². The van der Waals surface area contributed by atoms with Gasteiger partial charge in [0.25, 0.3) is 5.91 Å². The lowest BCUT2D eigenvalue weighted by molar-refractivity contribution is -0.122. The predicted octanol–water partition coefficient (Wildman–Crippen LogP) is 0.0607. The standard InChI is InChI=1S/C12H16N4O2/c1-7(11(17)16-9-3-4-9)15-12(18)10-5-2-8(13)6-14-10/h2,5-7,9H,3-4,13H2,1H3,(H,15,18)(H,16,17). The average molecular weight is 248 g/mol. The van der Waals surface area contributed by atoms with Gasteiger partial charge in [-0.2, -0.15) is 0 Å². The number of nitrogens with two attached hydrogens (primary N) is 1. The minimum Gasteiger partial charge on any atom is -0.397 e. The molecule has 1 aliphatic rings. The van der Waals surface area contributed by atoms with E-state index in [-0.39, 0.29) is 23.6 Å². The summed E-state index contributed by atoms with van der Waals surface area (Å²) < 4.78 is 0. The first-order valence-electron chi connectivity index (χ1n) is 5.89. The van der Waals surface area contributed by atoms with Gasteiger partial charge in [0.05, 0.1) is 11.9 Å². The van der Waals surface area contributed by atoms with Gasteiger partial charge >= 0.3 is 0 Å². The van der Waals surface area contributed by atoms with Crippen molar-refractivity contribution in [1.82, 2.24) is 15.6 Å². The maximum Gasteiger partial charge on any atom is 0.270 e. The van der Waals surface area contributed by atoms with Gasteiger partial charge in [0.2, 0.25) is 5.91 Å². The molecule has 6 heteroatoms. The van der Waals surface area contributed by atoms with E-state index in [1.165, 1.54) is 12.3 Å². The van der Waals surface area contributed by atoms with Crippen molar-refractivity contribution in [3.63, 3.8) is 0 Å². The molecule has 0 spiro atoms. The molecule has 18 heavy (non-hydrogen) atoms. The fraction of sp³-hybridized carbons (Fsp3) is 0.417. The number of carbonyl (C=O) groups excluding carboxylic acids is 2. The van der Waals surface area contributed by atoms with Gasteiger partial charge in [0.1, 0.15) is 11.7 Å². The van der Waals surface area contributed by atoms with E-state index in [4.69, 9.17) is 5.73 Å². The Kier molecular flexibility index (Phi) is 3.45. The Balaban J connectivity index is 1.89. The summed E-state index contributed by atoms with van der Waals surface area (Å²) in [4.78, 5) is 27.3. The number of carbonyl (C=O) groups is 2. The number of nitrogen functional groups attached to an aromatic ring is 1. The molecule has 0 aromatic carbocycles. The molecule has 2 amide bonds. The summed E-state index contributed by atoms with van der Waals surface area (Å²) in [6.07, 6.45) is 3.45. The van der Waals surface area contributed by atoms with Crippen LogP contribution in [0.5, 0.6) is 0 Å². The van der Waals surface area contributed by atoms with Gasteiger partial charge < -0.3 is 16.4 Å². The SMILES string of the molecule is CC(NC(=O)c1ccc(N)cn1)C(=O)NC1CC1. The summed E-state index contributed by atoms with van der Waals surface area (Å²) in [6, 6.07) is 2.83. The van der Waals surface area contributed by atoms with Crippen LogP contribution >= 0.6 is 0 Å². The molecule has 1 heterocycles. The second-order valence-corrected chi connectivity index (χ2v) is 4.45. The normalized spacial score (nSPS) is 15.8. The third-order valence-electron chi connectivity index (χ3n) is 2.68. The van der Waals surface area contributed by atoms with E-state index in [1.807, 2.05) is 0 Å². The highest BCUT2D eigenvalue weighted by molar-refractivity contribution is 5.96. The Labute approximate surface area is 105 Å². The van der Waals surface area contributed by atoms with Crippen LogP contribution in [-0.4, -0.2) is 28.9 Å². The first kappa shape index (κ1) is 12.3. The molecule has 0 bridgehead atoms. The molecular weight excluding hydrogens is 232 g/mol. The highest BCUT2D eigenvalue weighted by atomic mass is 16.2. The number of nitrogens with one attached hydrogen (secondary N) is 2. The minimum atomic E-state index is -0.572. The lowest BCUT2D eigenvalue weighted by Gasteiger charge is -2.13. The largest absolute Gasteiger partial charge is 0.397 e. The zero-order valence-electron chi connectivity index (χ0n) is 10.1. The van der Waals surface area contributed by atoms with E-state index in [1.54, 1.807) is 13.0 Å². The summed E-state index contributed by atoms with van der Waals surface area (Å²) in [5, 5.41) is 5.42. The summed E-state index contributed by atoms with van der Waals surface area (Å²) in [7, 11) is 0. The Morgan fingerprint density at radius 1 is 1.44 bits per heavy atom. The van der Waals surface area contributed by atoms with Crippen molar-refractivity contribution in [3.8, 4) is 0 Å². The van der Waals surface area contributed by atoms with Gasteiger partial charge in [0, 0.05) is 6.04 Å². The van der Waals surface area contributed by atoms with Gasteiger partial charge in [-0.1, -0.05) is 0 Å². The number of aromatic nitrogens is 1. The summed E-state index contributed by atoms with van der Waals surface area (Å²) >= 11 is 0. The van der Waals surface area contributed by atoms with Crippen LogP contribution in [0, 0.1) is 0 Å². The third-order valence-corrected chi connectivity index (χ3v) is 2.68. The molecule has 1 aromatic rings. The molecule has 0 radical (unpaired) electrons. The van der Waals surface area contributed by atoms with Crippen LogP contribution in [0.2, 0.25) is 0 Å². The Bertz CT molecular complexity index is 454. The van der Waals surface area contributed by atoms with E-state index < -0.39 is 6.04 Å². The van der Waals surface area contributed by atoms with Crippen LogP contribution in [0.25, 0.3) is 0 Å². The molecule has 2 rings (SSSR count). The summed E-state index contributed by atoms with van der Waals surface area (Å²) in [5.74, 6) is -0.547. The van der Waals surface area contributed by atoms with Gasteiger partial charge in [0.15, 0.2) is 0 Å². The van der Waals surface area contributed by atoms with Crippen molar-refractivity contribution in [3.05, 3.63) is 24.0 Å². The number of hydrogen-bond donors (Lipinski definition) is 3. The molecule has 1 aliphatic carbocycles. The Hall–Kier alpha value is -2.11. The van der Waals surface area contributed by atoms with Crippen molar-refractivity contribution >= 4 is 17.5 Å². The molecule has 0 aliphatic heterocycles. The van der Waals surface area contributed by atoms with Crippen LogP contribution in [0.1, 0.15) is 30.3 Å². The molecular formula is C12H16N4O2. The first-order chi connectivity index (χ1) is 8.56. The minimum absolute atomic E-state index is 0.165. The van der Waals surface area contributed by atoms with Gasteiger partial charge in [-0.15, -0.1) is 0 Å². The number of amides is 2. The lowest BCUT2D eigenvalue weighted by Crippen LogP contribution is -2.45. The zero-order valence-corrected chi connectivity index (χ0v) is 10.1. The topological polar surface area (TPSA) is 97.1 Å². The molecule has 1 saturated carbocycles.